The standard InChI is InChI=1S/C20H23N3O.C14H15BrN2O.C14H12N2O.C13H10N2O.C8H15Cl.C7H6Br2.C7H10N2O.CH2O3.BBr3.ClH.2K.H/c1-2-7-20-17(6-1)16-23(21-20)18-8-10-19(11-9-18)24-15-5-14-22-12-3-4-13-22;1-18-13-8-6-12(7-9-13)17(16)10-11-4-2-3-5-14(11)15;1-17-13-8-6-12(7-9-13)16-10-11-4-2-3-5-14(11)15-16;16-12-7-5-11(6-8-12)15-9-10-3-1-2-4-13(10)14-15;9-7-3-6-8-4-1-2-5-8;8-5-6-3-1-2-4-7(6)9;1-10-7-4-2-6(9-8)3-5-7;2-1-4-3;2-1(3)4;;;;/h1-2,6-11,16H,3-5,12-15H2;2-9H,10,16H2,1H3;2-10H,1H3;1-9,16H;8H,1-7H2;1-4H,5H2;2-5,9H,8H2,1H3;1,3H;;1H;;;/q;;;;;;;;;;2*+1;-1/p-1. The van der Waals surface area contributed by atoms with Gasteiger partial charge in [0, 0.05) is 67.1 Å². The van der Waals surface area contributed by atoms with Crippen molar-refractivity contribution in [2.75, 3.05) is 63.9 Å². The number of alkyl halides is 2. The smallest absolute Gasteiger partial charge is 1.00 e. The number of nitrogens with one attached hydrogen (secondary N) is 1. The number of nitrogens with zero attached hydrogens (tertiary/aromatic N) is 8. The van der Waals surface area contributed by atoms with Crippen LogP contribution in [-0.2, 0) is 21.6 Å². The zero-order valence-corrected chi connectivity index (χ0v) is 81.8. The second kappa shape index (κ2) is 59.1. The van der Waals surface area contributed by atoms with E-state index in [-0.39, 0.29) is 132 Å². The van der Waals surface area contributed by atoms with Crippen LogP contribution in [0.15, 0.2) is 270 Å². The molecule has 0 bridgehead atoms. The van der Waals surface area contributed by atoms with Crippen molar-refractivity contribution in [3.05, 3.63) is 281 Å². The number of likely N-dealkylation sites (tertiary alicyclic amines) is 1. The van der Waals surface area contributed by atoms with Gasteiger partial charge in [0.2, 0.25) is 0 Å². The number of benzene rings is 10. The summed E-state index contributed by atoms with van der Waals surface area (Å²) in [6, 6.07) is 78.5. The summed E-state index contributed by atoms with van der Waals surface area (Å²) in [5.74, 6) is 16.8. The molecule has 15 rings (SSSR count). The molecule has 3 aromatic heterocycles. The number of carbonyl (C=O) groups is 1. The maximum Gasteiger partial charge on any atom is 1.00 e. The Morgan fingerprint density at radius 2 is 0.947 bits per heavy atom. The molecule has 2 aliphatic rings. The third-order valence-electron chi connectivity index (χ3n) is 17.2. The second-order valence-corrected chi connectivity index (χ2v) is 33.9. The van der Waals surface area contributed by atoms with Crippen LogP contribution in [0, 0.1) is 5.92 Å². The normalized spacial score (nSPS) is 11.5. The number of hydrogen-bond acceptors (Lipinski definition) is 16. The van der Waals surface area contributed by atoms with Gasteiger partial charge < -0.3 is 51.0 Å². The molecule has 30 heteroatoms. The number of hydrazine groups is 2. The van der Waals surface area contributed by atoms with E-state index in [1.807, 2.05) is 227 Å². The van der Waals surface area contributed by atoms with E-state index in [2.05, 4.69) is 162 Å². The number of fused-ring (bicyclic) bond motifs is 3. The minimum Gasteiger partial charge on any atom is -1.00 e. The maximum absolute atomic E-state index is 9.21. The van der Waals surface area contributed by atoms with Gasteiger partial charge in [0.05, 0.1) is 73.8 Å². The number of aromatic nitrogens is 6. The predicted octanol–water partition coefficient (Wildman–Crippen LogP) is 15.6. The summed E-state index contributed by atoms with van der Waals surface area (Å²) in [6.07, 6.45) is 18.3. The number of carbonyl (C=O) groups excluding carboxylic acids is 1. The summed E-state index contributed by atoms with van der Waals surface area (Å²) in [5, 5.41) is 37.2. The van der Waals surface area contributed by atoms with E-state index >= 15 is 0 Å². The van der Waals surface area contributed by atoms with Crippen molar-refractivity contribution >= 4 is 173 Å². The van der Waals surface area contributed by atoms with Crippen molar-refractivity contribution < 1.29 is 143 Å². The first-order valence-electron chi connectivity index (χ1n) is 35.8. The van der Waals surface area contributed by atoms with Gasteiger partial charge in [-0.2, -0.15) is 15.3 Å². The number of rotatable bonds is 20. The van der Waals surface area contributed by atoms with Crippen molar-refractivity contribution in [1.29, 1.82) is 0 Å². The van der Waals surface area contributed by atoms with Gasteiger partial charge in [0.15, 0.2) is 0 Å². The summed E-state index contributed by atoms with van der Waals surface area (Å²) in [6.45, 7) is 4.91. The predicted molar refractivity (Wildman–Crippen MR) is 482 cm³/mol. The van der Waals surface area contributed by atoms with E-state index in [9.17, 15) is 5.11 Å². The molecule has 0 spiro atoms. The third kappa shape index (κ3) is 37.3. The SMILES string of the molecule is BrB(Br)Br.BrCc1ccccc1Br.COc1ccc(-n2cc3ccccc3n2)cc1.COc1ccc(N(N)Cc2ccccc2Br)cc1.COc1ccc(NN)cc1.Cl.ClCCCC1CCCC1.O=CO[O-].Oc1ccc(-n2cc3ccccc3n2)cc1.[H-].[K+].[K+].c1ccc2nn(-c3ccc(OCCCN4CCCC4)cc3)cc2c1. The molecule has 0 atom stereocenters. The van der Waals surface area contributed by atoms with Gasteiger partial charge in [0.25, 0.3) is 6.47 Å². The Morgan fingerprint density at radius 1 is 0.570 bits per heavy atom. The van der Waals surface area contributed by atoms with E-state index in [1.165, 1.54) is 74.5 Å². The molecule has 1 saturated carbocycles. The first kappa shape index (κ1) is 102. The molecule has 594 valence electrons. The molecule has 13 aromatic rings. The van der Waals surface area contributed by atoms with Crippen molar-refractivity contribution in [2.45, 2.75) is 69.7 Å². The van der Waals surface area contributed by atoms with Crippen molar-refractivity contribution in [2.24, 2.45) is 17.6 Å². The van der Waals surface area contributed by atoms with Crippen molar-refractivity contribution in [3.8, 4) is 45.8 Å². The van der Waals surface area contributed by atoms with Crippen molar-refractivity contribution in [1.82, 2.24) is 34.2 Å². The number of nitrogens with two attached hydrogens (primary N) is 2. The molecule has 1 aliphatic carbocycles. The number of nitrogen functional groups attached to an aromatic ring is 1. The molecule has 19 nitrogen and oxygen atoms in total. The van der Waals surface area contributed by atoms with Crippen LogP contribution in [-0.4, -0.2) is 102 Å². The average Bonchev–Trinajstić information content (AvgIpc) is 1.69. The Bertz CT molecular complexity index is 4620. The first-order valence-corrected chi connectivity index (χ1v) is 41.8. The molecule has 0 unspecified atom stereocenters. The van der Waals surface area contributed by atoms with Gasteiger partial charge in [-0.15, -0.1) is 71.3 Å². The fourth-order valence-electron chi connectivity index (χ4n) is 11.4. The Morgan fingerprint density at radius 3 is 1.32 bits per heavy atom. The minimum absolute atomic E-state index is 0. The number of methoxy groups -OCH3 is 3. The van der Waals surface area contributed by atoms with Gasteiger partial charge >= 0.3 is 106 Å². The van der Waals surface area contributed by atoms with Crippen molar-refractivity contribution in [3.63, 3.8) is 0 Å². The van der Waals surface area contributed by atoms with E-state index in [0.29, 0.717) is 6.54 Å². The molecular formula is C84H94BBr6Cl2K2N11O8. The number of hydrogen-bond donors (Lipinski definition) is 4. The van der Waals surface area contributed by atoms with Gasteiger partial charge in [0.1, 0.15) is 28.7 Å². The number of phenolic OH excluding ortho intramolecular Hbond substituents is 1. The van der Waals surface area contributed by atoms with Crippen LogP contribution in [0.4, 0.5) is 11.4 Å². The first-order chi connectivity index (χ1) is 54.1. The summed E-state index contributed by atoms with van der Waals surface area (Å²) in [7, 11) is 4.94. The fourth-order valence-corrected chi connectivity index (χ4v) is 13.3. The summed E-state index contributed by atoms with van der Waals surface area (Å²) in [5.41, 5.74) is 12.8. The zero-order chi connectivity index (χ0) is 79.4. The molecule has 0 amide bonds. The second-order valence-electron chi connectivity index (χ2n) is 24.8. The van der Waals surface area contributed by atoms with E-state index in [0.717, 1.165) is 131 Å². The number of anilines is 2. The quantitative estimate of drug-likeness (QED) is 0.0106. The van der Waals surface area contributed by atoms with Crippen LogP contribution < -0.4 is 149 Å². The Labute approximate surface area is 817 Å². The summed E-state index contributed by atoms with van der Waals surface area (Å²) in [4.78, 5) is 13.8. The number of ether oxygens (including phenoxy) is 4. The van der Waals surface area contributed by atoms with E-state index in [4.69, 9.17) is 52.3 Å². The molecule has 114 heavy (non-hydrogen) atoms. The maximum atomic E-state index is 9.21. The van der Waals surface area contributed by atoms with Crippen LogP contribution in [0.5, 0.6) is 28.7 Å². The van der Waals surface area contributed by atoms with E-state index < -0.39 is 0 Å². The Balaban J connectivity index is 0.000000347. The average molecular weight is 2030 g/mol. The summed E-state index contributed by atoms with van der Waals surface area (Å²) >= 11 is 25.2. The minimum atomic E-state index is -0.181. The zero-order valence-electron chi connectivity index (χ0n) is 65.5. The molecule has 1 saturated heterocycles. The molecular weight excluding hydrogens is 1930 g/mol. The van der Waals surface area contributed by atoms with Crippen LogP contribution >= 0.6 is 119 Å². The van der Waals surface area contributed by atoms with Gasteiger partial charge in [-0.1, -0.05) is 164 Å². The molecule has 2 fully saturated rings. The Hall–Kier alpha value is -4.68. The van der Waals surface area contributed by atoms with Crippen LogP contribution in [0.1, 0.15) is 70.3 Å². The fraction of sp³-hybridized carbons (Fsp3) is 0.238. The van der Waals surface area contributed by atoms with Gasteiger partial charge in [-0.05, 0) is 214 Å². The number of phenols is 1. The summed E-state index contributed by atoms with van der Waals surface area (Å²) < 4.78 is 29.2. The monoisotopic (exact) mass is 2020 g/mol. The third-order valence-corrected chi connectivity index (χ3v) is 19.6. The van der Waals surface area contributed by atoms with Crippen LogP contribution in [0.25, 0.3) is 49.8 Å². The number of aromatic hydroxyl groups is 1. The van der Waals surface area contributed by atoms with Gasteiger partial charge in [-0.25, -0.2) is 19.9 Å². The number of halogens is 8. The van der Waals surface area contributed by atoms with E-state index in [1.54, 1.807) is 38.5 Å². The largest absolute Gasteiger partial charge is 1.00 e. The molecule has 4 heterocycles. The topological polar surface area (TPSA) is 231 Å². The van der Waals surface area contributed by atoms with Gasteiger partial charge in [-0.3, -0.25) is 10.6 Å². The molecule has 1 aliphatic heterocycles. The molecule has 10 aromatic carbocycles. The molecule has 6 N–H and O–H groups in total. The Kier molecular flexibility index (Phi) is 52.7. The molecule has 0 radical (unpaired) electrons. The van der Waals surface area contributed by atoms with Crippen LogP contribution in [0.3, 0.4) is 0 Å². The van der Waals surface area contributed by atoms with Crippen LogP contribution in [0.2, 0.25) is 0 Å².